The predicted molar refractivity (Wildman–Crippen MR) is 133 cm³/mol. The highest BCUT2D eigenvalue weighted by Crippen LogP contribution is 2.45. The highest BCUT2D eigenvalue weighted by atomic mass is 15.0. The van der Waals surface area contributed by atoms with Crippen molar-refractivity contribution in [3.05, 3.63) is 91.0 Å². The zero-order valence-corrected chi connectivity index (χ0v) is 17.1. The van der Waals surface area contributed by atoms with Gasteiger partial charge in [-0.2, -0.15) is 0 Å². The maximum Gasteiger partial charge on any atom is 0.0641 e. The summed E-state index contributed by atoms with van der Waals surface area (Å²) in [5.41, 5.74) is 6.44. The van der Waals surface area contributed by atoms with E-state index in [2.05, 4.69) is 107 Å². The van der Waals surface area contributed by atoms with Crippen molar-refractivity contribution >= 4 is 70.7 Å². The number of aryl methyl sites for hydroxylation is 1. The number of benzene rings is 5. The van der Waals surface area contributed by atoms with Crippen LogP contribution in [0.5, 0.6) is 0 Å². The van der Waals surface area contributed by atoms with Gasteiger partial charge in [-0.3, -0.25) is 0 Å². The van der Waals surface area contributed by atoms with E-state index >= 15 is 0 Å². The van der Waals surface area contributed by atoms with Gasteiger partial charge in [-0.25, -0.2) is 0 Å². The van der Waals surface area contributed by atoms with Crippen LogP contribution in [0, 0.1) is 0 Å². The van der Waals surface area contributed by atoms with Gasteiger partial charge in [0.05, 0.1) is 22.1 Å². The van der Waals surface area contributed by atoms with Crippen molar-refractivity contribution < 1.29 is 0 Å². The lowest BCUT2D eigenvalue weighted by Gasteiger charge is -2.04. The lowest BCUT2D eigenvalue weighted by molar-refractivity contribution is 1.01. The van der Waals surface area contributed by atoms with Crippen molar-refractivity contribution in [3.63, 3.8) is 0 Å². The van der Waals surface area contributed by atoms with Gasteiger partial charge in [0.25, 0.3) is 0 Å². The van der Waals surface area contributed by atoms with E-state index in [9.17, 15) is 0 Å². The van der Waals surface area contributed by atoms with Gasteiger partial charge in [0, 0.05) is 39.5 Å². The Hall–Kier alpha value is -4.04. The van der Waals surface area contributed by atoms with Crippen LogP contribution in [0.4, 0.5) is 0 Å². The summed E-state index contributed by atoms with van der Waals surface area (Å²) in [5.74, 6) is 0. The first-order valence-corrected chi connectivity index (χ1v) is 10.8. The molecule has 5 aromatic carbocycles. The van der Waals surface area contributed by atoms with Gasteiger partial charge in [-0.15, -0.1) is 0 Å². The van der Waals surface area contributed by atoms with Gasteiger partial charge in [0.2, 0.25) is 0 Å². The number of nitrogens with zero attached hydrogens (tertiary/aromatic N) is 2. The third-order valence-electron chi connectivity index (χ3n) is 7.25. The molecule has 8 aromatic rings. The van der Waals surface area contributed by atoms with Gasteiger partial charge in [0.1, 0.15) is 0 Å². The first kappa shape index (κ1) is 15.8. The number of fused-ring (bicyclic) bond motifs is 8. The molecule has 0 saturated carbocycles. The van der Waals surface area contributed by atoms with Crippen LogP contribution in [0.3, 0.4) is 0 Å². The zero-order valence-electron chi connectivity index (χ0n) is 17.1. The summed E-state index contributed by atoms with van der Waals surface area (Å²) in [6.07, 6.45) is 0. The molecule has 0 atom stereocenters. The Labute approximate surface area is 177 Å². The fraction of sp³-hybridized carbons (Fsp3) is 0.0345. The van der Waals surface area contributed by atoms with Crippen LogP contribution in [0.2, 0.25) is 0 Å². The number of hydrogen-bond acceptors (Lipinski definition) is 0. The topological polar surface area (TPSA) is 9.34 Å². The van der Waals surface area contributed by atoms with Crippen molar-refractivity contribution in [1.82, 2.24) is 8.97 Å². The van der Waals surface area contributed by atoms with Crippen LogP contribution < -0.4 is 0 Å². The number of aromatic nitrogens is 2. The monoisotopic (exact) mass is 394 g/mol. The van der Waals surface area contributed by atoms with Gasteiger partial charge in [-0.05, 0) is 40.4 Å². The van der Waals surface area contributed by atoms with Crippen molar-refractivity contribution in [2.24, 2.45) is 7.05 Å². The molecule has 2 nitrogen and oxygen atoms in total. The van der Waals surface area contributed by atoms with E-state index in [1.165, 1.54) is 70.7 Å². The highest BCUT2D eigenvalue weighted by Gasteiger charge is 2.21. The van der Waals surface area contributed by atoms with Crippen LogP contribution in [0.15, 0.2) is 91.0 Å². The Bertz CT molecular complexity index is 2000. The SMILES string of the molecule is Cn1c2cccc3c4ccccc4n4c5ccc6ccccc6c5c5ccc1c(c32)c54. The summed E-state index contributed by atoms with van der Waals surface area (Å²) >= 11 is 0. The number of para-hydroxylation sites is 1. The fourth-order valence-corrected chi connectivity index (χ4v) is 5.97. The average Bonchev–Trinajstić information content (AvgIpc) is 3.27. The van der Waals surface area contributed by atoms with Crippen LogP contribution in [0.25, 0.3) is 70.7 Å². The molecule has 3 heterocycles. The first-order valence-electron chi connectivity index (χ1n) is 10.8. The molecule has 0 radical (unpaired) electrons. The summed E-state index contributed by atoms with van der Waals surface area (Å²) in [4.78, 5) is 0. The second kappa shape index (κ2) is 5.16. The maximum absolute atomic E-state index is 2.51. The summed E-state index contributed by atoms with van der Waals surface area (Å²) < 4.78 is 4.86. The summed E-state index contributed by atoms with van der Waals surface area (Å²) in [5, 5.41) is 10.6. The Morgan fingerprint density at radius 2 is 1.16 bits per heavy atom. The standard InChI is InChI=1S/C29H18N2/c1-30-23-12-6-10-20-19-9-4-5-11-22(19)31-25-15-13-17-7-2-3-8-18(17)26(25)21-14-16-24(30)28(27(20)23)29(21)31/h2-16H,1H3. The van der Waals surface area contributed by atoms with Gasteiger partial charge in [-0.1, -0.05) is 66.7 Å². The summed E-state index contributed by atoms with van der Waals surface area (Å²) in [6.45, 7) is 0. The van der Waals surface area contributed by atoms with E-state index in [1.807, 2.05) is 0 Å². The first-order chi connectivity index (χ1) is 15.3. The molecule has 0 bridgehead atoms. The van der Waals surface area contributed by atoms with E-state index in [0.29, 0.717) is 0 Å². The molecule has 0 aliphatic carbocycles. The molecule has 0 N–H and O–H groups in total. The Kier molecular flexibility index (Phi) is 2.62. The fourth-order valence-electron chi connectivity index (χ4n) is 5.97. The smallest absolute Gasteiger partial charge is 0.0641 e. The molecule has 144 valence electrons. The molecule has 0 unspecified atom stereocenters. The summed E-state index contributed by atoms with van der Waals surface area (Å²) in [6, 6.07) is 33.5. The summed E-state index contributed by atoms with van der Waals surface area (Å²) in [7, 11) is 2.19. The maximum atomic E-state index is 2.51. The number of rotatable bonds is 0. The van der Waals surface area contributed by atoms with Crippen LogP contribution in [-0.4, -0.2) is 8.97 Å². The Morgan fingerprint density at radius 1 is 0.452 bits per heavy atom. The molecule has 0 spiro atoms. The molecular formula is C29H18N2. The van der Waals surface area contributed by atoms with E-state index in [-0.39, 0.29) is 0 Å². The Balaban J connectivity index is 1.90. The van der Waals surface area contributed by atoms with E-state index in [0.717, 1.165) is 0 Å². The lowest BCUT2D eigenvalue weighted by atomic mass is 10.0. The van der Waals surface area contributed by atoms with Gasteiger partial charge in [0.15, 0.2) is 0 Å². The Morgan fingerprint density at radius 3 is 2.10 bits per heavy atom. The molecule has 0 saturated heterocycles. The second-order valence-electron chi connectivity index (χ2n) is 8.65. The highest BCUT2D eigenvalue weighted by molar-refractivity contribution is 6.34. The molecule has 31 heavy (non-hydrogen) atoms. The normalized spacial score (nSPS) is 12.7. The second-order valence-corrected chi connectivity index (χ2v) is 8.65. The zero-order chi connectivity index (χ0) is 20.3. The molecule has 0 fully saturated rings. The molecular weight excluding hydrogens is 376 g/mol. The predicted octanol–water partition coefficient (Wildman–Crippen LogP) is 7.63. The quantitative estimate of drug-likeness (QED) is 0.250. The van der Waals surface area contributed by atoms with Crippen molar-refractivity contribution in [3.8, 4) is 0 Å². The van der Waals surface area contributed by atoms with Crippen LogP contribution >= 0.6 is 0 Å². The molecule has 8 rings (SSSR count). The largest absolute Gasteiger partial charge is 0.344 e. The van der Waals surface area contributed by atoms with Crippen molar-refractivity contribution in [2.45, 2.75) is 0 Å². The number of hydrogen-bond donors (Lipinski definition) is 0. The minimum atomic E-state index is 1.26. The molecule has 0 amide bonds. The molecule has 3 aromatic heterocycles. The molecule has 0 aliphatic heterocycles. The van der Waals surface area contributed by atoms with Crippen LogP contribution in [-0.2, 0) is 7.05 Å². The van der Waals surface area contributed by atoms with Gasteiger partial charge < -0.3 is 8.97 Å². The van der Waals surface area contributed by atoms with E-state index < -0.39 is 0 Å². The van der Waals surface area contributed by atoms with E-state index in [1.54, 1.807) is 0 Å². The average molecular weight is 394 g/mol. The molecule has 2 heteroatoms. The van der Waals surface area contributed by atoms with Crippen molar-refractivity contribution in [1.29, 1.82) is 0 Å². The minimum absolute atomic E-state index is 1.26. The van der Waals surface area contributed by atoms with Crippen LogP contribution in [0.1, 0.15) is 0 Å². The third-order valence-corrected chi connectivity index (χ3v) is 7.25. The third kappa shape index (κ3) is 1.69. The molecule has 0 aliphatic rings. The van der Waals surface area contributed by atoms with Gasteiger partial charge >= 0.3 is 0 Å². The lowest BCUT2D eigenvalue weighted by Crippen LogP contribution is -1.88. The van der Waals surface area contributed by atoms with Crippen molar-refractivity contribution in [2.75, 3.05) is 0 Å². The minimum Gasteiger partial charge on any atom is -0.344 e. The van der Waals surface area contributed by atoms with E-state index in [4.69, 9.17) is 0 Å².